The molecule has 0 aliphatic carbocycles. The third-order valence-electron chi connectivity index (χ3n) is 3.49. The lowest BCUT2D eigenvalue weighted by atomic mass is 9.95. The van der Waals surface area contributed by atoms with E-state index in [4.69, 9.17) is 4.74 Å². The van der Waals surface area contributed by atoms with Gasteiger partial charge in [-0.15, -0.1) is 0 Å². The molecule has 0 radical (unpaired) electrons. The SMILES string of the molecule is CN(C(=O)C(C)(C)C)c1ccc(OCc2ccc(F)cc2)cc1. The van der Waals surface area contributed by atoms with Crippen molar-refractivity contribution in [3.05, 3.63) is 59.9 Å². The minimum Gasteiger partial charge on any atom is -0.489 e. The van der Waals surface area contributed by atoms with Gasteiger partial charge < -0.3 is 9.64 Å². The molecule has 1 amide bonds. The number of anilines is 1. The van der Waals surface area contributed by atoms with Crippen LogP contribution in [0.15, 0.2) is 48.5 Å². The summed E-state index contributed by atoms with van der Waals surface area (Å²) in [7, 11) is 1.77. The summed E-state index contributed by atoms with van der Waals surface area (Å²) >= 11 is 0. The average Bonchev–Trinajstić information content (AvgIpc) is 2.52. The number of amides is 1. The Morgan fingerprint density at radius 2 is 1.61 bits per heavy atom. The van der Waals surface area contributed by atoms with Crippen molar-refractivity contribution in [1.29, 1.82) is 0 Å². The molecule has 0 aliphatic rings. The lowest BCUT2D eigenvalue weighted by Crippen LogP contribution is -2.36. The Balaban J connectivity index is 1.99. The Morgan fingerprint density at radius 3 is 2.13 bits per heavy atom. The monoisotopic (exact) mass is 315 g/mol. The van der Waals surface area contributed by atoms with Gasteiger partial charge >= 0.3 is 0 Å². The first-order valence-corrected chi connectivity index (χ1v) is 7.53. The summed E-state index contributed by atoms with van der Waals surface area (Å²) in [6.45, 7) is 6.06. The van der Waals surface area contributed by atoms with Gasteiger partial charge in [-0.05, 0) is 42.0 Å². The van der Waals surface area contributed by atoms with Gasteiger partial charge in [-0.25, -0.2) is 4.39 Å². The lowest BCUT2D eigenvalue weighted by Gasteiger charge is -2.26. The predicted molar refractivity (Wildman–Crippen MR) is 90.0 cm³/mol. The average molecular weight is 315 g/mol. The van der Waals surface area contributed by atoms with Gasteiger partial charge in [-0.2, -0.15) is 0 Å². The van der Waals surface area contributed by atoms with Gasteiger partial charge in [0.1, 0.15) is 18.2 Å². The van der Waals surface area contributed by atoms with Crippen LogP contribution < -0.4 is 9.64 Å². The third kappa shape index (κ3) is 4.55. The zero-order valence-corrected chi connectivity index (χ0v) is 14.0. The number of rotatable bonds is 4. The topological polar surface area (TPSA) is 29.5 Å². The van der Waals surface area contributed by atoms with Crippen LogP contribution in [0.2, 0.25) is 0 Å². The maximum atomic E-state index is 12.8. The van der Waals surface area contributed by atoms with Gasteiger partial charge in [-0.1, -0.05) is 32.9 Å². The van der Waals surface area contributed by atoms with Crippen LogP contribution in [-0.4, -0.2) is 13.0 Å². The predicted octanol–water partition coefficient (Wildman–Crippen LogP) is 4.41. The van der Waals surface area contributed by atoms with Crippen LogP contribution in [0.3, 0.4) is 0 Å². The standard InChI is InChI=1S/C19H22FNO2/c1-19(2,3)18(22)21(4)16-9-11-17(12-10-16)23-13-14-5-7-15(20)8-6-14/h5-12H,13H2,1-4H3. The number of hydrogen-bond donors (Lipinski definition) is 0. The summed E-state index contributed by atoms with van der Waals surface area (Å²) in [6.07, 6.45) is 0. The molecule has 23 heavy (non-hydrogen) atoms. The third-order valence-corrected chi connectivity index (χ3v) is 3.49. The van der Waals surface area contributed by atoms with E-state index in [0.717, 1.165) is 11.3 Å². The molecule has 4 heteroatoms. The second kappa shape index (κ2) is 6.82. The molecular formula is C19H22FNO2. The highest BCUT2D eigenvalue weighted by Crippen LogP contribution is 2.24. The Hall–Kier alpha value is -2.36. The minimum absolute atomic E-state index is 0.0532. The largest absolute Gasteiger partial charge is 0.489 e. The summed E-state index contributed by atoms with van der Waals surface area (Å²) in [5.41, 5.74) is 1.29. The number of carbonyl (C=O) groups is 1. The maximum absolute atomic E-state index is 12.8. The molecule has 0 aromatic heterocycles. The number of benzene rings is 2. The van der Waals surface area contributed by atoms with Crippen molar-refractivity contribution in [2.45, 2.75) is 27.4 Å². The fourth-order valence-corrected chi connectivity index (χ4v) is 2.13. The smallest absolute Gasteiger partial charge is 0.232 e. The number of carbonyl (C=O) groups excluding carboxylic acids is 1. The highest BCUT2D eigenvalue weighted by atomic mass is 19.1. The Bertz CT molecular complexity index is 657. The molecule has 2 rings (SSSR count). The van der Waals surface area contributed by atoms with Crippen LogP contribution in [0.5, 0.6) is 5.75 Å². The van der Waals surface area contributed by atoms with Crippen molar-refractivity contribution in [3.8, 4) is 5.75 Å². The van der Waals surface area contributed by atoms with Gasteiger partial charge in [0.25, 0.3) is 0 Å². The molecule has 0 saturated carbocycles. The molecule has 0 heterocycles. The van der Waals surface area contributed by atoms with Crippen molar-refractivity contribution >= 4 is 11.6 Å². The minimum atomic E-state index is -0.424. The Kier molecular flexibility index (Phi) is 5.04. The zero-order valence-electron chi connectivity index (χ0n) is 14.0. The normalized spacial score (nSPS) is 11.2. The first kappa shape index (κ1) is 17.0. The molecule has 0 N–H and O–H groups in total. The molecule has 0 atom stereocenters. The number of halogens is 1. The van der Waals surface area contributed by atoms with Gasteiger partial charge in [0, 0.05) is 18.2 Å². The van der Waals surface area contributed by atoms with Crippen molar-refractivity contribution in [3.63, 3.8) is 0 Å². The van der Waals surface area contributed by atoms with E-state index in [1.165, 1.54) is 12.1 Å². The fraction of sp³-hybridized carbons (Fsp3) is 0.316. The van der Waals surface area contributed by atoms with E-state index in [2.05, 4.69) is 0 Å². The van der Waals surface area contributed by atoms with E-state index >= 15 is 0 Å². The van der Waals surface area contributed by atoms with E-state index in [1.807, 2.05) is 45.0 Å². The fourth-order valence-electron chi connectivity index (χ4n) is 2.13. The zero-order chi connectivity index (χ0) is 17.0. The molecular weight excluding hydrogens is 293 g/mol. The summed E-state index contributed by atoms with van der Waals surface area (Å²) in [5, 5.41) is 0. The van der Waals surface area contributed by atoms with Crippen LogP contribution in [0, 0.1) is 11.2 Å². The molecule has 0 unspecified atom stereocenters. The number of nitrogens with zero attached hydrogens (tertiary/aromatic N) is 1. The summed E-state index contributed by atoms with van der Waals surface area (Å²) in [6, 6.07) is 13.6. The summed E-state index contributed by atoms with van der Waals surface area (Å²) in [5.74, 6) is 0.497. The van der Waals surface area contributed by atoms with E-state index in [0.29, 0.717) is 12.4 Å². The Morgan fingerprint density at radius 1 is 1.04 bits per heavy atom. The van der Waals surface area contributed by atoms with E-state index in [-0.39, 0.29) is 11.7 Å². The molecule has 3 nitrogen and oxygen atoms in total. The molecule has 0 fully saturated rings. The van der Waals surface area contributed by atoms with Crippen molar-refractivity contribution < 1.29 is 13.9 Å². The summed E-state index contributed by atoms with van der Waals surface area (Å²) in [4.78, 5) is 13.9. The summed E-state index contributed by atoms with van der Waals surface area (Å²) < 4.78 is 18.5. The molecule has 0 spiro atoms. The lowest BCUT2D eigenvalue weighted by molar-refractivity contribution is -0.125. The van der Waals surface area contributed by atoms with E-state index < -0.39 is 5.41 Å². The second-order valence-electron chi connectivity index (χ2n) is 6.52. The highest BCUT2D eigenvalue weighted by molar-refractivity contribution is 5.96. The van der Waals surface area contributed by atoms with Gasteiger partial charge in [0.05, 0.1) is 0 Å². The highest BCUT2D eigenvalue weighted by Gasteiger charge is 2.25. The number of hydrogen-bond acceptors (Lipinski definition) is 2. The molecule has 0 aliphatic heterocycles. The van der Waals surface area contributed by atoms with Crippen molar-refractivity contribution in [1.82, 2.24) is 0 Å². The molecule has 0 saturated heterocycles. The van der Waals surface area contributed by atoms with E-state index in [1.54, 1.807) is 24.1 Å². The van der Waals surface area contributed by atoms with Gasteiger partial charge in [0.15, 0.2) is 0 Å². The van der Waals surface area contributed by atoms with Crippen LogP contribution in [0.4, 0.5) is 10.1 Å². The van der Waals surface area contributed by atoms with Crippen LogP contribution in [0.25, 0.3) is 0 Å². The molecule has 2 aromatic rings. The quantitative estimate of drug-likeness (QED) is 0.836. The molecule has 0 bridgehead atoms. The maximum Gasteiger partial charge on any atom is 0.232 e. The second-order valence-corrected chi connectivity index (χ2v) is 6.52. The van der Waals surface area contributed by atoms with Crippen LogP contribution in [-0.2, 0) is 11.4 Å². The molecule has 122 valence electrons. The van der Waals surface area contributed by atoms with Crippen LogP contribution in [0.1, 0.15) is 26.3 Å². The van der Waals surface area contributed by atoms with Crippen molar-refractivity contribution in [2.75, 3.05) is 11.9 Å². The van der Waals surface area contributed by atoms with Crippen LogP contribution >= 0.6 is 0 Å². The Labute approximate surface area is 136 Å². The van der Waals surface area contributed by atoms with E-state index in [9.17, 15) is 9.18 Å². The van der Waals surface area contributed by atoms with Crippen molar-refractivity contribution in [2.24, 2.45) is 5.41 Å². The first-order chi connectivity index (χ1) is 10.8. The number of ether oxygens (including phenoxy) is 1. The van der Waals surface area contributed by atoms with Gasteiger partial charge in [0.2, 0.25) is 5.91 Å². The first-order valence-electron chi connectivity index (χ1n) is 7.53. The molecule has 2 aromatic carbocycles. The van der Waals surface area contributed by atoms with Gasteiger partial charge in [-0.3, -0.25) is 4.79 Å².